The highest BCUT2D eigenvalue weighted by Crippen LogP contribution is 2.41. The van der Waals surface area contributed by atoms with Crippen molar-refractivity contribution in [2.45, 2.75) is 183 Å². The first-order chi connectivity index (χ1) is 22.5. The highest BCUT2D eigenvalue weighted by atomic mass is 31.2. The van der Waals surface area contributed by atoms with E-state index in [2.05, 4.69) is 9.05 Å². The van der Waals surface area contributed by atoms with Crippen LogP contribution in [-0.2, 0) is 22.9 Å². The van der Waals surface area contributed by atoms with Crippen LogP contribution in [0.15, 0.2) is 0 Å². The first-order valence-electron chi connectivity index (χ1n) is 17.6. The molecular weight excluding hydrogens is 686 g/mol. The number of aliphatic hydroxyl groups is 3. The normalized spacial score (nSPS) is 29.2. The Morgan fingerprint density at radius 1 is 0.510 bits per heavy atom. The van der Waals surface area contributed by atoms with Crippen molar-refractivity contribution < 1.29 is 63.3 Å². The lowest BCUT2D eigenvalue weighted by molar-refractivity contribution is -0.279. The fourth-order valence-corrected chi connectivity index (χ4v) is 6.77. The fraction of sp³-hybridized carbons (Fsp3) is 1.00. The largest absolute Gasteiger partial charge is 0.472 e. The number of phosphoric acid groups is 2. The minimum atomic E-state index is -5.07. The summed E-state index contributed by atoms with van der Waals surface area (Å²) >= 11 is 0. The van der Waals surface area contributed by atoms with Crippen molar-refractivity contribution >= 4 is 15.6 Å². The van der Waals surface area contributed by atoms with Crippen LogP contribution in [0.25, 0.3) is 0 Å². The summed E-state index contributed by atoms with van der Waals surface area (Å²) in [6.45, 7) is -0.907. The Kier molecular flexibility index (Phi) is 26.5. The van der Waals surface area contributed by atoms with Crippen molar-refractivity contribution in [2.24, 2.45) is 22.9 Å². The Morgan fingerprint density at radius 2 is 0.816 bits per heavy atom. The van der Waals surface area contributed by atoms with Crippen LogP contribution in [0.3, 0.4) is 0 Å². The molecule has 1 saturated heterocycles. The average Bonchev–Trinajstić information content (AvgIpc) is 3.02. The summed E-state index contributed by atoms with van der Waals surface area (Å²) in [5.74, 6) is 0. The van der Waals surface area contributed by atoms with Crippen LogP contribution in [0.4, 0.5) is 0 Å². The van der Waals surface area contributed by atoms with Crippen LogP contribution in [0.5, 0.6) is 0 Å². The highest BCUT2D eigenvalue weighted by molar-refractivity contribution is 7.46. The summed E-state index contributed by atoms with van der Waals surface area (Å²) in [5.41, 5.74) is 22.5. The molecule has 5 aliphatic rings. The lowest BCUT2D eigenvalue weighted by Gasteiger charge is -2.39. The number of rotatable bonds is 5. The molecule has 19 heteroatoms. The number of hydrogen-bond acceptors (Lipinski definition) is 12. The molecule has 5 unspecified atom stereocenters. The maximum Gasteiger partial charge on any atom is 0.472 e. The lowest BCUT2D eigenvalue weighted by atomic mass is 9.97. The molecule has 4 aliphatic carbocycles. The third-order valence-corrected chi connectivity index (χ3v) is 9.88. The van der Waals surface area contributed by atoms with E-state index >= 15 is 0 Å². The first-order valence-corrected chi connectivity index (χ1v) is 20.7. The predicted octanol–water partition coefficient (Wildman–Crippen LogP) is 1.30. The molecule has 0 bridgehead atoms. The van der Waals surface area contributed by atoms with Gasteiger partial charge in [-0.1, -0.05) is 77.0 Å². The van der Waals surface area contributed by atoms with Crippen molar-refractivity contribution in [3.05, 3.63) is 0 Å². The second-order valence-corrected chi connectivity index (χ2v) is 15.9. The van der Waals surface area contributed by atoms with Crippen molar-refractivity contribution in [1.29, 1.82) is 0 Å². The third-order valence-electron chi connectivity index (χ3n) is 8.92. The second-order valence-electron chi connectivity index (χ2n) is 13.5. The number of phosphoric ester groups is 2. The Balaban J connectivity index is 0.000000651. The van der Waals surface area contributed by atoms with Gasteiger partial charge in [-0.2, -0.15) is 0 Å². The van der Waals surface area contributed by atoms with Gasteiger partial charge >= 0.3 is 15.6 Å². The minimum absolute atomic E-state index is 0. The van der Waals surface area contributed by atoms with E-state index in [1.165, 1.54) is 128 Å². The lowest BCUT2D eigenvalue weighted by Crippen LogP contribution is -2.59. The van der Waals surface area contributed by atoms with Crippen molar-refractivity contribution in [3.63, 3.8) is 0 Å². The van der Waals surface area contributed by atoms with Crippen LogP contribution in [0.2, 0.25) is 0 Å². The molecule has 0 spiro atoms. The van der Waals surface area contributed by atoms with Crippen LogP contribution in [0.1, 0.15) is 128 Å². The van der Waals surface area contributed by atoms with Gasteiger partial charge in [-0.25, -0.2) is 9.13 Å². The molecule has 0 aromatic carbocycles. The fourth-order valence-electron chi connectivity index (χ4n) is 5.98. The minimum Gasteiger partial charge on any atom is -0.412 e. The molecule has 17 nitrogen and oxygen atoms in total. The summed E-state index contributed by atoms with van der Waals surface area (Å²) < 4.78 is 33.9. The zero-order valence-electron chi connectivity index (χ0n) is 28.9. The van der Waals surface area contributed by atoms with E-state index in [0.29, 0.717) is 24.2 Å². The van der Waals surface area contributed by atoms with Crippen LogP contribution >= 0.6 is 15.6 Å². The quantitative estimate of drug-likeness (QED) is 0.176. The van der Waals surface area contributed by atoms with E-state index in [0.717, 1.165) is 0 Å². The van der Waals surface area contributed by atoms with E-state index in [-0.39, 0.29) is 5.48 Å². The Labute approximate surface area is 291 Å². The molecule has 4 saturated carbocycles. The van der Waals surface area contributed by atoms with Gasteiger partial charge < -0.3 is 68.0 Å². The molecule has 5 atom stereocenters. The van der Waals surface area contributed by atoms with Gasteiger partial charge in [0.05, 0.1) is 6.61 Å². The van der Waals surface area contributed by atoms with Gasteiger partial charge in [-0.05, 0) is 51.4 Å². The molecule has 17 N–H and O–H groups in total. The van der Waals surface area contributed by atoms with E-state index in [9.17, 15) is 24.4 Å². The number of aliphatic hydroxyl groups excluding tert-OH is 3. The van der Waals surface area contributed by atoms with Crippen molar-refractivity contribution in [2.75, 3.05) is 6.61 Å². The summed E-state index contributed by atoms with van der Waals surface area (Å²) in [6.07, 6.45) is 17.3. The van der Waals surface area contributed by atoms with Crippen molar-refractivity contribution in [1.82, 2.24) is 0 Å². The first kappa shape index (κ1) is 48.9. The Bertz CT molecular complexity index is 829. The van der Waals surface area contributed by atoms with Gasteiger partial charge in [-0.15, -0.1) is 0 Å². The molecule has 1 heterocycles. The number of hydrogen-bond donors (Lipinski definition) is 11. The SMILES string of the molecule is NC1CCCCC1.NC1CCCCC1.NC1CCCCC1.NC1CCCCC1.O.O=P(O)(O)OCC1OC(OP(=O)(O)O)C(O)C(O)C1O. The maximum absolute atomic E-state index is 10.6. The van der Waals surface area contributed by atoms with E-state index in [1.807, 2.05) is 0 Å². The molecule has 0 amide bonds. The van der Waals surface area contributed by atoms with Crippen LogP contribution in [0, 0.1) is 0 Å². The van der Waals surface area contributed by atoms with Crippen LogP contribution < -0.4 is 22.9 Å². The van der Waals surface area contributed by atoms with Gasteiger partial charge in [0, 0.05) is 24.2 Å². The van der Waals surface area contributed by atoms with Gasteiger partial charge in [0.2, 0.25) is 0 Å². The summed E-state index contributed by atoms with van der Waals surface area (Å²) in [6, 6.07) is 2.14. The maximum atomic E-state index is 10.6. The zero-order chi connectivity index (χ0) is 36.2. The molecule has 5 rings (SSSR count). The summed E-state index contributed by atoms with van der Waals surface area (Å²) in [7, 11) is -9.95. The molecule has 49 heavy (non-hydrogen) atoms. The van der Waals surface area contributed by atoms with Crippen LogP contribution in [-0.4, -0.2) is 102 Å². The monoisotopic (exact) mass is 754 g/mol. The molecule has 296 valence electrons. The zero-order valence-corrected chi connectivity index (χ0v) is 30.7. The number of nitrogens with two attached hydrogens (primary N) is 4. The van der Waals surface area contributed by atoms with Gasteiger partial charge in [0.15, 0.2) is 6.29 Å². The molecule has 5 fully saturated rings. The molecule has 0 radical (unpaired) electrons. The van der Waals surface area contributed by atoms with Gasteiger partial charge in [0.1, 0.15) is 24.4 Å². The van der Waals surface area contributed by atoms with E-state index in [4.69, 9.17) is 47.2 Å². The average molecular weight is 755 g/mol. The molecule has 1 aliphatic heterocycles. The Hall–Kier alpha value is -0.140. The summed E-state index contributed by atoms with van der Waals surface area (Å²) in [5, 5.41) is 28.4. The predicted molar refractivity (Wildman–Crippen MR) is 186 cm³/mol. The Morgan fingerprint density at radius 3 is 1.04 bits per heavy atom. The van der Waals surface area contributed by atoms with Crippen molar-refractivity contribution in [3.8, 4) is 0 Å². The third kappa shape index (κ3) is 25.5. The topological polar surface area (TPSA) is 339 Å². The molecule has 0 aromatic rings. The number of ether oxygens (including phenoxy) is 1. The standard InChI is InChI=1S/4C6H13N.C6H14O12P2.H2O/c4*7-6-4-2-1-3-5-6;7-3-2(1-16-19(10,11)12)17-6(5(9)4(3)8)18-20(13,14)15;/h4*6H,1-5,7H2;2-9H,1H2,(H2,10,11,12)(H2,13,14,15);1H2. The van der Waals surface area contributed by atoms with E-state index < -0.39 is 53.0 Å². The van der Waals surface area contributed by atoms with E-state index in [1.54, 1.807) is 0 Å². The van der Waals surface area contributed by atoms with Gasteiger partial charge in [-0.3, -0.25) is 9.05 Å². The second kappa shape index (κ2) is 26.6. The highest BCUT2D eigenvalue weighted by Gasteiger charge is 2.47. The van der Waals surface area contributed by atoms with Gasteiger partial charge in [0.25, 0.3) is 0 Å². The smallest absolute Gasteiger partial charge is 0.412 e. The molecular formula is C30H68N4O13P2. The molecule has 0 aromatic heterocycles. The summed E-state index contributed by atoms with van der Waals surface area (Å²) in [4.78, 5) is 34.1.